The number of piperazine rings is 2. The van der Waals surface area contributed by atoms with Gasteiger partial charge in [0.1, 0.15) is 12.1 Å². The van der Waals surface area contributed by atoms with E-state index in [0.717, 1.165) is 13.1 Å². The molecular weight excluding hydrogens is 268 g/mol. The second-order valence-corrected chi connectivity index (χ2v) is 5.61. The molecule has 1 aromatic rings. The lowest BCUT2D eigenvalue weighted by molar-refractivity contribution is -0.153. The van der Waals surface area contributed by atoms with Crippen LogP contribution in [-0.2, 0) is 16.1 Å². The van der Waals surface area contributed by atoms with Gasteiger partial charge in [-0.2, -0.15) is 0 Å². The Bertz CT molecular complexity index is 534. The van der Waals surface area contributed by atoms with Gasteiger partial charge in [0.05, 0.1) is 0 Å². The zero-order valence-corrected chi connectivity index (χ0v) is 12.2. The highest BCUT2D eigenvalue weighted by Crippen LogP contribution is 2.18. The summed E-state index contributed by atoms with van der Waals surface area (Å²) in [5.41, 5.74) is 1.17. The van der Waals surface area contributed by atoms with Crippen LogP contribution in [-0.4, -0.2) is 58.3 Å². The number of rotatable bonds is 3. The van der Waals surface area contributed by atoms with Crippen molar-refractivity contribution in [3.63, 3.8) is 0 Å². The van der Waals surface area contributed by atoms with Gasteiger partial charge in [0, 0.05) is 38.6 Å². The number of pyridine rings is 1. The summed E-state index contributed by atoms with van der Waals surface area (Å²) in [7, 11) is 0. The highest BCUT2D eigenvalue weighted by atomic mass is 16.2. The van der Waals surface area contributed by atoms with Crippen LogP contribution in [0.2, 0.25) is 0 Å². The molecule has 3 heterocycles. The van der Waals surface area contributed by atoms with Gasteiger partial charge in [-0.25, -0.2) is 0 Å². The molecule has 2 amide bonds. The third-order valence-electron chi connectivity index (χ3n) is 4.23. The first-order valence-corrected chi connectivity index (χ1v) is 7.41. The molecular formula is C15H20N4O2. The molecule has 0 spiro atoms. The first-order chi connectivity index (χ1) is 10.2. The number of hydrogen-bond donors (Lipinski definition) is 1. The zero-order valence-electron chi connectivity index (χ0n) is 12.2. The van der Waals surface area contributed by atoms with E-state index in [1.807, 2.05) is 19.1 Å². The Labute approximate surface area is 124 Å². The number of hydrogen-bond acceptors (Lipinski definition) is 4. The molecule has 2 aliphatic rings. The van der Waals surface area contributed by atoms with E-state index in [1.54, 1.807) is 17.3 Å². The second kappa shape index (κ2) is 5.81. The average Bonchev–Trinajstić information content (AvgIpc) is 2.52. The maximum atomic E-state index is 12.3. The normalized spacial score (nSPS) is 26.4. The average molecular weight is 288 g/mol. The zero-order chi connectivity index (χ0) is 14.8. The maximum Gasteiger partial charge on any atom is 0.245 e. The molecule has 6 heteroatoms. The van der Waals surface area contributed by atoms with Gasteiger partial charge in [0.2, 0.25) is 11.8 Å². The Kier molecular flexibility index (Phi) is 3.88. The van der Waals surface area contributed by atoms with Crippen molar-refractivity contribution in [1.29, 1.82) is 0 Å². The van der Waals surface area contributed by atoms with E-state index < -0.39 is 0 Å². The Morgan fingerprint density at radius 3 is 2.76 bits per heavy atom. The highest BCUT2D eigenvalue weighted by Gasteiger charge is 2.42. The van der Waals surface area contributed by atoms with E-state index in [9.17, 15) is 9.59 Å². The summed E-state index contributed by atoms with van der Waals surface area (Å²) in [4.78, 5) is 32.5. The third kappa shape index (κ3) is 2.76. The number of nitrogens with zero attached hydrogens (tertiary/aromatic N) is 3. The van der Waals surface area contributed by atoms with E-state index in [1.165, 1.54) is 5.56 Å². The minimum atomic E-state index is -0.351. The molecule has 2 aliphatic heterocycles. The lowest BCUT2D eigenvalue weighted by atomic mass is 10.0. The van der Waals surface area contributed by atoms with Crippen molar-refractivity contribution in [2.45, 2.75) is 32.0 Å². The van der Waals surface area contributed by atoms with Crippen molar-refractivity contribution < 1.29 is 9.59 Å². The summed E-state index contributed by atoms with van der Waals surface area (Å²) in [5, 5.41) is 2.83. The molecule has 0 aromatic carbocycles. The third-order valence-corrected chi connectivity index (χ3v) is 4.23. The highest BCUT2D eigenvalue weighted by molar-refractivity contribution is 5.97. The van der Waals surface area contributed by atoms with Crippen LogP contribution < -0.4 is 5.32 Å². The van der Waals surface area contributed by atoms with Gasteiger partial charge in [-0.1, -0.05) is 6.92 Å². The predicted molar refractivity (Wildman–Crippen MR) is 77.2 cm³/mol. The molecule has 2 saturated heterocycles. The molecule has 21 heavy (non-hydrogen) atoms. The van der Waals surface area contributed by atoms with Crippen LogP contribution in [0.4, 0.5) is 0 Å². The van der Waals surface area contributed by atoms with Crippen LogP contribution in [0.5, 0.6) is 0 Å². The first-order valence-electron chi connectivity index (χ1n) is 7.41. The van der Waals surface area contributed by atoms with Gasteiger partial charge in [-0.15, -0.1) is 0 Å². The van der Waals surface area contributed by atoms with Gasteiger partial charge in [0.25, 0.3) is 0 Å². The summed E-state index contributed by atoms with van der Waals surface area (Å²) in [5.74, 6) is 0.0338. The molecule has 112 valence electrons. The molecule has 2 fully saturated rings. The minimum Gasteiger partial charge on any atom is -0.342 e. The van der Waals surface area contributed by atoms with Crippen LogP contribution in [0, 0.1) is 0 Å². The lowest BCUT2D eigenvalue weighted by Crippen LogP contribution is -2.68. The topological polar surface area (TPSA) is 65.5 Å². The minimum absolute atomic E-state index is 0.0270. The maximum absolute atomic E-state index is 12.3. The van der Waals surface area contributed by atoms with E-state index in [2.05, 4.69) is 15.2 Å². The molecule has 6 nitrogen and oxygen atoms in total. The fraction of sp³-hybridized carbons (Fsp3) is 0.533. The fourth-order valence-electron chi connectivity index (χ4n) is 3.02. The summed E-state index contributed by atoms with van der Waals surface area (Å²) in [6.07, 6.45) is 4.19. The standard InChI is InChI=1S/C15H20N4O2/c1-2-12-15(21)19-8-7-18(10-13(19)14(20)17-12)9-11-3-5-16-6-4-11/h3-6,12-13H,2,7-10H2,1H3,(H,17,20)/t12-,13+/m0/s1. The molecule has 0 radical (unpaired) electrons. The molecule has 2 atom stereocenters. The Morgan fingerprint density at radius 2 is 2.05 bits per heavy atom. The Hall–Kier alpha value is -1.95. The van der Waals surface area contributed by atoms with E-state index in [-0.39, 0.29) is 23.9 Å². The van der Waals surface area contributed by atoms with E-state index in [0.29, 0.717) is 19.5 Å². The number of aromatic nitrogens is 1. The number of carbonyl (C=O) groups excluding carboxylic acids is 2. The van der Waals surface area contributed by atoms with Crippen molar-refractivity contribution in [3.05, 3.63) is 30.1 Å². The van der Waals surface area contributed by atoms with Crippen LogP contribution in [0.1, 0.15) is 18.9 Å². The predicted octanol–water partition coefficient (Wildman–Crippen LogP) is 0.00280. The number of amides is 2. The molecule has 0 saturated carbocycles. The van der Waals surface area contributed by atoms with E-state index >= 15 is 0 Å². The summed E-state index contributed by atoms with van der Waals surface area (Å²) in [6.45, 7) is 4.72. The second-order valence-electron chi connectivity index (χ2n) is 5.61. The molecule has 3 rings (SSSR count). The molecule has 0 unspecified atom stereocenters. The monoisotopic (exact) mass is 288 g/mol. The van der Waals surface area contributed by atoms with Gasteiger partial charge < -0.3 is 10.2 Å². The van der Waals surface area contributed by atoms with Crippen molar-refractivity contribution in [2.75, 3.05) is 19.6 Å². The number of fused-ring (bicyclic) bond motifs is 1. The Balaban J connectivity index is 1.68. The van der Waals surface area contributed by atoms with Crippen molar-refractivity contribution in [2.24, 2.45) is 0 Å². The molecule has 0 bridgehead atoms. The Morgan fingerprint density at radius 1 is 1.29 bits per heavy atom. The van der Waals surface area contributed by atoms with Gasteiger partial charge in [-0.05, 0) is 24.1 Å². The van der Waals surface area contributed by atoms with Crippen LogP contribution >= 0.6 is 0 Å². The van der Waals surface area contributed by atoms with Gasteiger partial charge in [-0.3, -0.25) is 19.5 Å². The number of carbonyl (C=O) groups is 2. The SMILES string of the molecule is CC[C@@H]1NC(=O)[C@H]2CN(Cc3ccncc3)CCN2C1=O. The summed E-state index contributed by atoms with van der Waals surface area (Å²) < 4.78 is 0. The fourth-order valence-corrected chi connectivity index (χ4v) is 3.02. The van der Waals surface area contributed by atoms with Crippen LogP contribution in [0.3, 0.4) is 0 Å². The largest absolute Gasteiger partial charge is 0.342 e. The quantitative estimate of drug-likeness (QED) is 0.850. The smallest absolute Gasteiger partial charge is 0.245 e. The van der Waals surface area contributed by atoms with Crippen molar-refractivity contribution in [3.8, 4) is 0 Å². The van der Waals surface area contributed by atoms with Crippen LogP contribution in [0.15, 0.2) is 24.5 Å². The van der Waals surface area contributed by atoms with Crippen molar-refractivity contribution in [1.82, 2.24) is 20.1 Å². The van der Waals surface area contributed by atoms with Gasteiger partial charge >= 0.3 is 0 Å². The van der Waals surface area contributed by atoms with Crippen molar-refractivity contribution >= 4 is 11.8 Å². The number of nitrogens with one attached hydrogen (secondary N) is 1. The summed E-state index contributed by atoms with van der Waals surface area (Å²) in [6, 6.07) is 3.26. The molecule has 1 aromatic heterocycles. The summed E-state index contributed by atoms with van der Waals surface area (Å²) >= 11 is 0. The lowest BCUT2D eigenvalue weighted by Gasteiger charge is -2.45. The molecule has 0 aliphatic carbocycles. The molecule has 1 N–H and O–H groups in total. The van der Waals surface area contributed by atoms with Gasteiger partial charge in [0.15, 0.2) is 0 Å². The first kappa shape index (κ1) is 14.0. The van der Waals surface area contributed by atoms with E-state index in [4.69, 9.17) is 0 Å². The van der Waals surface area contributed by atoms with Crippen LogP contribution in [0.25, 0.3) is 0 Å².